The van der Waals surface area contributed by atoms with Crippen LogP contribution < -0.4 is 10.6 Å². The molecule has 1 aromatic rings. The van der Waals surface area contributed by atoms with E-state index in [4.69, 9.17) is 4.74 Å². The fourth-order valence-corrected chi connectivity index (χ4v) is 3.91. The van der Waals surface area contributed by atoms with E-state index in [9.17, 15) is 0 Å². The van der Waals surface area contributed by atoms with Gasteiger partial charge in [0.05, 0.1) is 13.2 Å². The van der Waals surface area contributed by atoms with Gasteiger partial charge < -0.3 is 20.3 Å². The van der Waals surface area contributed by atoms with Crippen molar-refractivity contribution in [1.29, 1.82) is 0 Å². The number of rotatable bonds is 6. The van der Waals surface area contributed by atoms with Crippen LogP contribution in [0.15, 0.2) is 35.3 Å². The lowest BCUT2D eigenvalue weighted by molar-refractivity contribution is 0.0195. The Morgan fingerprint density at radius 3 is 2.59 bits per heavy atom. The van der Waals surface area contributed by atoms with Crippen molar-refractivity contribution in [3.8, 4) is 0 Å². The first-order valence-electron chi connectivity index (χ1n) is 10.3. The van der Waals surface area contributed by atoms with Crippen molar-refractivity contribution in [3.63, 3.8) is 0 Å². The van der Waals surface area contributed by atoms with Crippen LogP contribution in [0.1, 0.15) is 20.3 Å². The summed E-state index contributed by atoms with van der Waals surface area (Å²) < 4.78 is 5.49. The standard InChI is InChI=1S/C21H35N5O/c1-17(2)20(24-18-7-5-4-6-8-18)15-23-21(22-3)26-10-9-19(16-26)25-11-13-27-14-12-25/h4-8,17,19-20,24H,9-16H2,1-3H3,(H,22,23). The van der Waals surface area contributed by atoms with E-state index < -0.39 is 0 Å². The zero-order valence-electron chi connectivity index (χ0n) is 17.0. The molecule has 27 heavy (non-hydrogen) atoms. The molecule has 2 aliphatic rings. The van der Waals surface area contributed by atoms with Gasteiger partial charge in [0.15, 0.2) is 5.96 Å². The number of nitrogens with one attached hydrogen (secondary N) is 2. The monoisotopic (exact) mass is 373 g/mol. The third kappa shape index (κ3) is 5.59. The van der Waals surface area contributed by atoms with Gasteiger partial charge in [-0.3, -0.25) is 9.89 Å². The SMILES string of the molecule is CN=C(NCC(Nc1ccccc1)C(C)C)N1CCC(N2CCOCC2)C1. The minimum atomic E-state index is 0.349. The number of ether oxygens (including phenoxy) is 1. The van der Waals surface area contributed by atoms with Gasteiger partial charge in [-0.2, -0.15) is 0 Å². The van der Waals surface area contributed by atoms with E-state index in [2.05, 4.69) is 63.5 Å². The van der Waals surface area contributed by atoms with Crippen molar-refractivity contribution in [1.82, 2.24) is 15.1 Å². The highest BCUT2D eigenvalue weighted by Gasteiger charge is 2.30. The Labute approximate surface area is 164 Å². The first kappa shape index (κ1) is 20.0. The zero-order valence-corrected chi connectivity index (χ0v) is 17.0. The summed E-state index contributed by atoms with van der Waals surface area (Å²) in [5.41, 5.74) is 1.17. The Morgan fingerprint density at radius 1 is 1.19 bits per heavy atom. The summed E-state index contributed by atoms with van der Waals surface area (Å²) in [6.07, 6.45) is 1.20. The minimum Gasteiger partial charge on any atom is -0.380 e. The molecular weight excluding hydrogens is 338 g/mol. The van der Waals surface area contributed by atoms with Gasteiger partial charge in [0.2, 0.25) is 0 Å². The maximum Gasteiger partial charge on any atom is 0.193 e. The number of nitrogens with zero attached hydrogens (tertiary/aromatic N) is 3. The number of morpholine rings is 1. The van der Waals surface area contributed by atoms with Crippen LogP contribution in [0.5, 0.6) is 0 Å². The minimum absolute atomic E-state index is 0.349. The van der Waals surface area contributed by atoms with E-state index in [0.29, 0.717) is 18.0 Å². The van der Waals surface area contributed by atoms with E-state index in [1.807, 2.05) is 13.1 Å². The zero-order chi connectivity index (χ0) is 19.1. The smallest absolute Gasteiger partial charge is 0.193 e. The van der Waals surface area contributed by atoms with Gasteiger partial charge in [-0.05, 0) is 24.5 Å². The number of anilines is 1. The Bertz CT molecular complexity index is 585. The average molecular weight is 374 g/mol. The lowest BCUT2D eigenvalue weighted by atomic mass is 10.0. The second kappa shape index (κ2) is 9.95. The third-order valence-electron chi connectivity index (χ3n) is 5.65. The largest absolute Gasteiger partial charge is 0.380 e. The van der Waals surface area contributed by atoms with Crippen molar-refractivity contribution < 1.29 is 4.74 Å². The molecule has 2 atom stereocenters. The molecule has 0 amide bonds. The summed E-state index contributed by atoms with van der Waals surface area (Å²) in [5, 5.41) is 7.26. The molecule has 6 nitrogen and oxygen atoms in total. The molecule has 2 saturated heterocycles. The second-order valence-electron chi connectivity index (χ2n) is 7.83. The Morgan fingerprint density at radius 2 is 1.93 bits per heavy atom. The lowest BCUT2D eigenvalue weighted by Gasteiger charge is -2.32. The number of benzene rings is 1. The molecule has 2 aliphatic heterocycles. The average Bonchev–Trinajstić information content (AvgIpc) is 3.19. The summed E-state index contributed by atoms with van der Waals surface area (Å²) in [6, 6.07) is 11.4. The number of hydrogen-bond donors (Lipinski definition) is 2. The summed E-state index contributed by atoms with van der Waals surface area (Å²) in [6.45, 7) is 11.3. The molecule has 0 bridgehead atoms. The van der Waals surface area contributed by atoms with Gasteiger partial charge in [0.25, 0.3) is 0 Å². The van der Waals surface area contributed by atoms with E-state index in [0.717, 1.165) is 51.9 Å². The topological polar surface area (TPSA) is 52.1 Å². The van der Waals surface area contributed by atoms with Crippen molar-refractivity contribution in [2.75, 3.05) is 58.3 Å². The second-order valence-corrected chi connectivity index (χ2v) is 7.83. The highest BCUT2D eigenvalue weighted by Crippen LogP contribution is 2.17. The Hall–Kier alpha value is -1.79. The molecule has 2 heterocycles. The van der Waals surface area contributed by atoms with Crippen LogP contribution >= 0.6 is 0 Å². The fourth-order valence-electron chi connectivity index (χ4n) is 3.91. The Kier molecular flexibility index (Phi) is 7.35. The van der Waals surface area contributed by atoms with Gasteiger partial charge in [-0.25, -0.2) is 0 Å². The normalized spacial score (nSPS) is 22.9. The molecule has 1 aromatic carbocycles. The molecule has 6 heteroatoms. The summed E-state index contributed by atoms with van der Waals surface area (Å²) in [7, 11) is 1.89. The molecule has 0 aliphatic carbocycles. The molecule has 2 unspecified atom stereocenters. The maximum atomic E-state index is 5.49. The number of likely N-dealkylation sites (tertiary alicyclic amines) is 1. The molecule has 0 radical (unpaired) electrons. The van der Waals surface area contributed by atoms with Gasteiger partial charge in [0, 0.05) is 57.5 Å². The van der Waals surface area contributed by atoms with Crippen LogP contribution in [0.25, 0.3) is 0 Å². The van der Waals surface area contributed by atoms with Crippen molar-refractivity contribution in [3.05, 3.63) is 30.3 Å². The number of para-hydroxylation sites is 1. The van der Waals surface area contributed by atoms with Crippen LogP contribution in [0.4, 0.5) is 5.69 Å². The molecule has 0 spiro atoms. The Balaban J connectivity index is 1.51. The van der Waals surface area contributed by atoms with Crippen LogP contribution in [-0.4, -0.2) is 80.8 Å². The molecule has 2 fully saturated rings. The van der Waals surface area contributed by atoms with Crippen molar-refractivity contribution >= 4 is 11.6 Å². The number of aliphatic imine (C=N–C) groups is 1. The van der Waals surface area contributed by atoms with Crippen molar-refractivity contribution in [2.45, 2.75) is 32.4 Å². The van der Waals surface area contributed by atoms with E-state index in [1.165, 1.54) is 12.1 Å². The van der Waals surface area contributed by atoms with E-state index in [1.54, 1.807) is 0 Å². The van der Waals surface area contributed by atoms with Gasteiger partial charge in [-0.15, -0.1) is 0 Å². The van der Waals surface area contributed by atoms with Crippen molar-refractivity contribution in [2.24, 2.45) is 10.9 Å². The van der Waals surface area contributed by atoms with Crippen LogP contribution in [-0.2, 0) is 4.74 Å². The lowest BCUT2D eigenvalue weighted by Crippen LogP contribution is -2.48. The van der Waals surface area contributed by atoms with E-state index >= 15 is 0 Å². The predicted octanol–water partition coefficient (Wildman–Crippen LogP) is 2.10. The highest BCUT2D eigenvalue weighted by atomic mass is 16.5. The molecule has 0 saturated carbocycles. The van der Waals surface area contributed by atoms with Gasteiger partial charge in [0.1, 0.15) is 0 Å². The molecule has 150 valence electrons. The highest BCUT2D eigenvalue weighted by molar-refractivity contribution is 5.80. The molecule has 2 N–H and O–H groups in total. The number of guanidine groups is 1. The van der Waals surface area contributed by atoms with E-state index in [-0.39, 0.29) is 0 Å². The first-order chi connectivity index (χ1) is 13.2. The quantitative estimate of drug-likeness (QED) is 0.591. The van der Waals surface area contributed by atoms with Gasteiger partial charge in [-0.1, -0.05) is 32.0 Å². The summed E-state index contributed by atoms with van der Waals surface area (Å²) >= 11 is 0. The van der Waals surface area contributed by atoms with Crippen LogP contribution in [0.2, 0.25) is 0 Å². The molecule has 3 rings (SSSR count). The molecular formula is C21H35N5O. The third-order valence-corrected chi connectivity index (χ3v) is 5.65. The summed E-state index contributed by atoms with van der Waals surface area (Å²) in [4.78, 5) is 9.53. The first-order valence-corrected chi connectivity index (χ1v) is 10.3. The predicted molar refractivity (Wildman–Crippen MR) is 112 cm³/mol. The summed E-state index contributed by atoms with van der Waals surface area (Å²) in [5.74, 6) is 1.54. The van der Waals surface area contributed by atoms with Crippen LogP contribution in [0.3, 0.4) is 0 Å². The number of hydrogen-bond acceptors (Lipinski definition) is 4. The van der Waals surface area contributed by atoms with Crippen LogP contribution in [0, 0.1) is 5.92 Å². The molecule has 0 aromatic heterocycles. The van der Waals surface area contributed by atoms with Gasteiger partial charge >= 0.3 is 0 Å². The maximum absolute atomic E-state index is 5.49. The fraction of sp³-hybridized carbons (Fsp3) is 0.667.